The molecule has 0 bridgehead atoms. The summed E-state index contributed by atoms with van der Waals surface area (Å²) in [6.45, 7) is 0. The Bertz CT molecular complexity index is 336. The number of aliphatic carboxylic acids is 2. The van der Waals surface area contributed by atoms with E-state index in [1.54, 1.807) is 24.5 Å². The topological polar surface area (TPSA) is 87.5 Å². The van der Waals surface area contributed by atoms with E-state index in [1.165, 1.54) is 0 Å². The predicted molar refractivity (Wildman–Crippen MR) is 51.3 cm³/mol. The van der Waals surface area contributed by atoms with Gasteiger partial charge in [0, 0.05) is 12.4 Å². The quantitative estimate of drug-likeness (QED) is 0.700. The number of hydrogen-bond acceptors (Lipinski definition) is 3. The molecule has 5 nitrogen and oxygen atoms in total. The van der Waals surface area contributed by atoms with Gasteiger partial charge in [-0.05, 0) is 30.5 Å². The van der Waals surface area contributed by atoms with Gasteiger partial charge in [0.15, 0.2) is 5.92 Å². The lowest BCUT2D eigenvalue weighted by atomic mass is 10.0. The lowest BCUT2D eigenvalue weighted by molar-refractivity contribution is -0.154. The summed E-state index contributed by atoms with van der Waals surface area (Å²) in [5, 5.41) is 17.3. The number of carboxylic acid groups (broad SMARTS) is 2. The number of pyridine rings is 1. The van der Waals surface area contributed by atoms with Crippen molar-refractivity contribution in [3.63, 3.8) is 0 Å². The first-order valence-corrected chi connectivity index (χ1v) is 4.46. The normalized spacial score (nSPS) is 10.2. The third-order valence-corrected chi connectivity index (χ3v) is 2.07. The van der Waals surface area contributed by atoms with Crippen molar-refractivity contribution in [2.75, 3.05) is 0 Å². The van der Waals surface area contributed by atoms with E-state index in [0.29, 0.717) is 6.42 Å². The van der Waals surface area contributed by atoms with Crippen molar-refractivity contribution in [1.82, 2.24) is 4.98 Å². The first-order chi connectivity index (χ1) is 7.11. The van der Waals surface area contributed by atoms with Crippen LogP contribution in [0.3, 0.4) is 0 Å². The van der Waals surface area contributed by atoms with Crippen LogP contribution in [0.5, 0.6) is 0 Å². The second-order valence-electron chi connectivity index (χ2n) is 3.12. The zero-order chi connectivity index (χ0) is 11.3. The van der Waals surface area contributed by atoms with E-state index in [0.717, 1.165) is 5.56 Å². The molecule has 1 rings (SSSR count). The third kappa shape index (κ3) is 3.38. The van der Waals surface area contributed by atoms with Gasteiger partial charge in [0.2, 0.25) is 0 Å². The van der Waals surface area contributed by atoms with Crippen molar-refractivity contribution < 1.29 is 19.8 Å². The fourth-order valence-corrected chi connectivity index (χ4v) is 1.21. The summed E-state index contributed by atoms with van der Waals surface area (Å²) in [6.07, 6.45) is 3.69. The molecule has 0 unspecified atom stereocenters. The van der Waals surface area contributed by atoms with Crippen molar-refractivity contribution in [2.24, 2.45) is 5.92 Å². The van der Waals surface area contributed by atoms with Crippen LogP contribution in [0, 0.1) is 5.92 Å². The molecule has 0 saturated heterocycles. The lowest BCUT2D eigenvalue weighted by Gasteiger charge is -2.06. The zero-order valence-electron chi connectivity index (χ0n) is 7.96. The molecular weight excluding hydrogens is 198 g/mol. The van der Waals surface area contributed by atoms with Gasteiger partial charge < -0.3 is 10.2 Å². The van der Waals surface area contributed by atoms with Crippen LogP contribution >= 0.6 is 0 Å². The average Bonchev–Trinajstić information content (AvgIpc) is 2.18. The standard InChI is InChI=1S/C10H11NO4/c12-9(13)8(10(14)15)2-1-7-3-5-11-6-4-7/h3-6,8H,1-2H2,(H,12,13)(H,14,15). The molecule has 2 N–H and O–H groups in total. The number of aryl methyl sites for hydroxylation is 1. The Morgan fingerprint density at radius 3 is 2.20 bits per heavy atom. The summed E-state index contributed by atoms with van der Waals surface area (Å²) < 4.78 is 0. The molecule has 0 saturated carbocycles. The highest BCUT2D eigenvalue weighted by molar-refractivity contribution is 5.92. The molecule has 0 spiro atoms. The molecule has 0 amide bonds. The second-order valence-corrected chi connectivity index (χ2v) is 3.12. The number of rotatable bonds is 5. The van der Waals surface area contributed by atoms with Crippen molar-refractivity contribution in [3.8, 4) is 0 Å². The van der Waals surface area contributed by atoms with Crippen molar-refractivity contribution in [1.29, 1.82) is 0 Å². The molecule has 0 radical (unpaired) electrons. The lowest BCUT2D eigenvalue weighted by Crippen LogP contribution is -2.23. The number of hydrogen-bond donors (Lipinski definition) is 2. The van der Waals surface area contributed by atoms with Gasteiger partial charge in [-0.1, -0.05) is 0 Å². The predicted octanol–water partition coefficient (Wildman–Crippen LogP) is 0.800. The minimum absolute atomic E-state index is 0.0919. The highest BCUT2D eigenvalue weighted by Crippen LogP contribution is 2.09. The van der Waals surface area contributed by atoms with Crippen LogP contribution < -0.4 is 0 Å². The Kier molecular flexibility index (Phi) is 3.79. The van der Waals surface area contributed by atoms with E-state index in [-0.39, 0.29) is 6.42 Å². The summed E-state index contributed by atoms with van der Waals surface area (Å²) in [7, 11) is 0. The Morgan fingerprint density at radius 2 is 1.73 bits per heavy atom. The van der Waals surface area contributed by atoms with E-state index in [9.17, 15) is 9.59 Å². The zero-order valence-corrected chi connectivity index (χ0v) is 7.96. The van der Waals surface area contributed by atoms with Crippen LogP contribution in [-0.4, -0.2) is 27.1 Å². The van der Waals surface area contributed by atoms with Crippen LogP contribution in [0.2, 0.25) is 0 Å². The molecule has 1 heterocycles. The number of carboxylic acids is 2. The molecule has 0 aromatic carbocycles. The summed E-state index contributed by atoms with van der Waals surface area (Å²) in [4.78, 5) is 24.9. The molecule has 0 aliphatic carbocycles. The highest BCUT2D eigenvalue weighted by atomic mass is 16.4. The molecule has 1 aromatic heterocycles. The van der Waals surface area contributed by atoms with Crippen molar-refractivity contribution in [2.45, 2.75) is 12.8 Å². The van der Waals surface area contributed by atoms with E-state index >= 15 is 0 Å². The van der Waals surface area contributed by atoms with Crippen LogP contribution in [0.15, 0.2) is 24.5 Å². The van der Waals surface area contributed by atoms with Crippen molar-refractivity contribution >= 4 is 11.9 Å². The highest BCUT2D eigenvalue weighted by Gasteiger charge is 2.24. The average molecular weight is 209 g/mol. The van der Waals surface area contributed by atoms with Crippen LogP contribution in [0.1, 0.15) is 12.0 Å². The van der Waals surface area contributed by atoms with Gasteiger partial charge in [-0.2, -0.15) is 0 Å². The van der Waals surface area contributed by atoms with E-state index in [2.05, 4.69) is 4.98 Å². The second kappa shape index (κ2) is 5.09. The first kappa shape index (κ1) is 11.2. The van der Waals surface area contributed by atoms with Gasteiger partial charge in [-0.3, -0.25) is 14.6 Å². The first-order valence-electron chi connectivity index (χ1n) is 4.46. The Balaban J connectivity index is 2.55. The van der Waals surface area contributed by atoms with Gasteiger partial charge in [-0.25, -0.2) is 0 Å². The maximum Gasteiger partial charge on any atom is 0.317 e. The van der Waals surface area contributed by atoms with Gasteiger partial charge in [0.25, 0.3) is 0 Å². The van der Waals surface area contributed by atoms with Gasteiger partial charge in [0.05, 0.1) is 0 Å². The molecule has 1 aromatic rings. The molecule has 80 valence electrons. The fraction of sp³-hybridized carbons (Fsp3) is 0.300. The summed E-state index contributed by atoms with van der Waals surface area (Å²) in [6, 6.07) is 3.47. The third-order valence-electron chi connectivity index (χ3n) is 2.07. The van der Waals surface area contributed by atoms with Crippen LogP contribution in [0.25, 0.3) is 0 Å². The SMILES string of the molecule is O=C(O)C(CCc1ccncc1)C(=O)O. The summed E-state index contributed by atoms with van der Waals surface area (Å²) >= 11 is 0. The maximum absolute atomic E-state index is 10.6. The van der Waals surface area contributed by atoms with E-state index in [1.807, 2.05) is 0 Å². The smallest absolute Gasteiger partial charge is 0.317 e. The van der Waals surface area contributed by atoms with Crippen molar-refractivity contribution in [3.05, 3.63) is 30.1 Å². The molecule has 0 fully saturated rings. The summed E-state index contributed by atoms with van der Waals surface area (Å²) in [5.41, 5.74) is 0.887. The van der Waals surface area contributed by atoms with Crippen LogP contribution in [-0.2, 0) is 16.0 Å². The van der Waals surface area contributed by atoms with Crippen LogP contribution in [0.4, 0.5) is 0 Å². The molecule has 5 heteroatoms. The Labute approximate surface area is 86.4 Å². The Morgan fingerprint density at radius 1 is 1.20 bits per heavy atom. The summed E-state index contributed by atoms with van der Waals surface area (Å²) in [5.74, 6) is -3.92. The number of aromatic nitrogens is 1. The van der Waals surface area contributed by atoms with E-state index < -0.39 is 17.9 Å². The number of nitrogens with zero attached hydrogens (tertiary/aromatic N) is 1. The largest absolute Gasteiger partial charge is 0.481 e. The molecule has 0 aliphatic heterocycles. The minimum atomic E-state index is -1.34. The maximum atomic E-state index is 10.6. The molecule has 0 aliphatic rings. The molecular formula is C10H11NO4. The van der Waals surface area contributed by atoms with Gasteiger partial charge >= 0.3 is 11.9 Å². The minimum Gasteiger partial charge on any atom is -0.481 e. The Hall–Kier alpha value is -1.91. The monoisotopic (exact) mass is 209 g/mol. The van der Waals surface area contributed by atoms with Gasteiger partial charge in [-0.15, -0.1) is 0 Å². The molecule has 0 atom stereocenters. The molecule has 15 heavy (non-hydrogen) atoms. The fourth-order valence-electron chi connectivity index (χ4n) is 1.21. The van der Waals surface area contributed by atoms with E-state index in [4.69, 9.17) is 10.2 Å². The number of carbonyl (C=O) groups is 2. The van der Waals surface area contributed by atoms with Gasteiger partial charge in [0.1, 0.15) is 0 Å².